The number of likely N-dealkylation sites (N-methyl/N-ethyl adjacent to an activating group) is 2. The fraction of sp³-hybridized carbons (Fsp3) is 0.762. The highest BCUT2D eigenvalue weighted by Gasteiger charge is 2.48. The van der Waals surface area contributed by atoms with Crippen LogP contribution in [0.25, 0.3) is 0 Å². The van der Waals surface area contributed by atoms with Crippen molar-refractivity contribution >= 4 is 11.8 Å². The van der Waals surface area contributed by atoms with Crippen LogP contribution >= 0.6 is 0 Å². The monoisotopic (exact) mass is 372 g/mol. The molecule has 2 amide bonds. The Bertz CT molecular complexity index is 724. The van der Waals surface area contributed by atoms with Crippen LogP contribution < -0.4 is 0 Å². The van der Waals surface area contributed by atoms with Gasteiger partial charge in [-0.25, -0.2) is 0 Å². The van der Waals surface area contributed by atoms with Crippen molar-refractivity contribution in [3.8, 4) is 0 Å². The smallest absolute Gasteiger partial charge is 0.274 e. The topological polar surface area (TPSA) is 58.4 Å². The van der Waals surface area contributed by atoms with E-state index in [1.54, 1.807) is 16.8 Å². The highest BCUT2D eigenvalue weighted by atomic mass is 16.2. The van der Waals surface area contributed by atoms with Gasteiger partial charge in [-0.15, -0.1) is 0 Å². The van der Waals surface area contributed by atoms with Gasteiger partial charge < -0.3 is 9.80 Å². The first-order chi connectivity index (χ1) is 13.0. The predicted molar refractivity (Wildman–Crippen MR) is 103 cm³/mol. The van der Waals surface area contributed by atoms with Gasteiger partial charge in [0.15, 0.2) is 5.69 Å². The van der Waals surface area contributed by atoms with E-state index in [4.69, 9.17) is 0 Å². The van der Waals surface area contributed by atoms with Gasteiger partial charge in [0.25, 0.3) is 5.91 Å². The molecule has 0 aliphatic heterocycles. The minimum Gasteiger partial charge on any atom is -0.344 e. The molecule has 3 atom stereocenters. The Morgan fingerprint density at radius 1 is 1.15 bits per heavy atom. The third kappa shape index (κ3) is 3.90. The van der Waals surface area contributed by atoms with Crippen molar-refractivity contribution in [2.45, 2.75) is 57.9 Å². The summed E-state index contributed by atoms with van der Waals surface area (Å²) in [6, 6.07) is 1.96. The molecule has 4 rings (SSSR count). The predicted octanol–water partition coefficient (Wildman–Crippen LogP) is 2.75. The first-order valence-electron chi connectivity index (χ1n) is 10.5. The van der Waals surface area contributed by atoms with Crippen molar-refractivity contribution in [2.24, 2.45) is 17.8 Å². The van der Waals surface area contributed by atoms with E-state index >= 15 is 0 Å². The first-order valence-corrected chi connectivity index (χ1v) is 10.5. The molecule has 148 valence electrons. The lowest BCUT2D eigenvalue weighted by Gasteiger charge is -2.23. The van der Waals surface area contributed by atoms with E-state index in [-0.39, 0.29) is 11.8 Å². The fourth-order valence-electron chi connectivity index (χ4n) is 4.67. The lowest BCUT2D eigenvalue weighted by atomic mass is 9.99. The molecule has 3 fully saturated rings. The number of rotatable bonds is 8. The SMILES string of the molecule is CCn1nc(C(=O)N(C)CCN(C)C(=O)CC2CCC3CC23)cc1C1CC1. The Kier molecular flexibility index (Phi) is 4.99. The highest BCUT2D eigenvalue weighted by Crippen LogP contribution is 2.56. The van der Waals surface area contributed by atoms with Crippen LogP contribution in [-0.2, 0) is 11.3 Å². The van der Waals surface area contributed by atoms with Gasteiger partial charge >= 0.3 is 0 Å². The van der Waals surface area contributed by atoms with Crippen LogP contribution in [0.2, 0.25) is 0 Å². The molecule has 3 aliphatic rings. The lowest BCUT2D eigenvalue weighted by Crippen LogP contribution is -2.38. The third-order valence-corrected chi connectivity index (χ3v) is 6.80. The minimum absolute atomic E-state index is 0.0541. The summed E-state index contributed by atoms with van der Waals surface area (Å²) >= 11 is 0. The van der Waals surface area contributed by atoms with Gasteiger partial charge in [-0.1, -0.05) is 0 Å². The molecular weight excluding hydrogens is 340 g/mol. The van der Waals surface area contributed by atoms with Crippen LogP contribution in [0.5, 0.6) is 0 Å². The number of fused-ring (bicyclic) bond motifs is 1. The molecule has 1 aromatic heterocycles. The Balaban J connectivity index is 1.27. The number of aromatic nitrogens is 2. The molecule has 0 aromatic carbocycles. The quantitative estimate of drug-likeness (QED) is 0.705. The molecule has 3 aliphatic carbocycles. The molecule has 0 radical (unpaired) electrons. The van der Waals surface area contributed by atoms with Crippen LogP contribution in [0.3, 0.4) is 0 Å². The van der Waals surface area contributed by atoms with Gasteiger partial charge in [0, 0.05) is 51.8 Å². The molecule has 0 N–H and O–H groups in total. The number of carbonyl (C=O) groups excluding carboxylic acids is 2. The molecule has 1 aromatic rings. The van der Waals surface area contributed by atoms with Crippen molar-refractivity contribution in [1.82, 2.24) is 19.6 Å². The standard InChI is InChI=1S/C21H32N4O2/c1-4-25-19(14-5-6-14)13-18(22-25)21(27)24(3)10-9-23(2)20(26)12-16-8-7-15-11-17(15)16/h13-17H,4-12H2,1-3H3. The van der Waals surface area contributed by atoms with Gasteiger partial charge in [0.1, 0.15) is 0 Å². The van der Waals surface area contributed by atoms with Crippen LogP contribution in [-0.4, -0.2) is 58.6 Å². The van der Waals surface area contributed by atoms with Gasteiger partial charge in [-0.2, -0.15) is 5.10 Å². The van der Waals surface area contributed by atoms with Gasteiger partial charge in [0.2, 0.25) is 5.91 Å². The zero-order valence-corrected chi connectivity index (χ0v) is 16.9. The Hall–Kier alpha value is -1.85. The Morgan fingerprint density at radius 2 is 1.89 bits per heavy atom. The summed E-state index contributed by atoms with van der Waals surface area (Å²) < 4.78 is 1.96. The maximum absolute atomic E-state index is 12.7. The summed E-state index contributed by atoms with van der Waals surface area (Å²) in [5.74, 6) is 3.08. The van der Waals surface area contributed by atoms with E-state index in [0.717, 1.165) is 18.4 Å². The van der Waals surface area contributed by atoms with Crippen LogP contribution in [0, 0.1) is 17.8 Å². The highest BCUT2D eigenvalue weighted by molar-refractivity contribution is 5.92. The normalized spacial score (nSPS) is 26.0. The lowest BCUT2D eigenvalue weighted by molar-refractivity contribution is -0.131. The Morgan fingerprint density at radius 3 is 2.48 bits per heavy atom. The fourth-order valence-corrected chi connectivity index (χ4v) is 4.67. The van der Waals surface area contributed by atoms with Crippen molar-refractivity contribution < 1.29 is 9.59 Å². The van der Waals surface area contributed by atoms with E-state index in [1.807, 2.05) is 17.8 Å². The second-order valence-corrected chi connectivity index (χ2v) is 8.79. The summed E-state index contributed by atoms with van der Waals surface area (Å²) in [7, 11) is 3.66. The Labute approximate surface area is 161 Å². The molecule has 1 heterocycles. The largest absolute Gasteiger partial charge is 0.344 e. The van der Waals surface area contributed by atoms with Gasteiger partial charge in [0.05, 0.1) is 0 Å². The number of hydrogen-bond acceptors (Lipinski definition) is 3. The second kappa shape index (κ2) is 7.28. The molecule has 0 bridgehead atoms. The summed E-state index contributed by atoms with van der Waals surface area (Å²) in [6.07, 6.45) is 6.95. The second-order valence-electron chi connectivity index (χ2n) is 8.79. The van der Waals surface area contributed by atoms with Crippen LogP contribution in [0.4, 0.5) is 0 Å². The molecule has 0 spiro atoms. The number of aryl methyl sites for hydroxylation is 1. The van der Waals surface area contributed by atoms with Gasteiger partial charge in [-0.3, -0.25) is 14.3 Å². The molecule has 6 nitrogen and oxygen atoms in total. The van der Waals surface area contributed by atoms with Crippen molar-refractivity contribution in [1.29, 1.82) is 0 Å². The van der Waals surface area contributed by atoms with E-state index in [9.17, 15) is 9.59 Å². The average molecular weight is 373 g/mol. The van der Waals surface area contributed by atoms with E-state index in [0.29, 0.717) is 37.0 Å². The summed E-state index contributed by atoms with van der Waals surface area (Å²) in [5, 5.41) is 4.50. The maximum atomic E-state index is 12.7. The molecule has 3 saturated carbocycles. The van der Waals surface area contributed by atoms with Crippen LogP contribution in [0.1, 0.15) is 67.5 Å². The molecular formula is C21H32N4O2. The average Bonchev–Trinajstić information content (AvgIpc) is 3.59. The summed E-state index contributed by atoms with van der Waals surface area (Å²) in [6.45, 7) is 3.97. The van der Waals surface area contributed by atoms with Crippen molar-refractivity contribution in [3.05, 3.63) is 17.5 Å². The van der Waals surface area contributed by atoms with Crippen molar-refractivity contribution in [3.63, 3.8) is 0 Å². The number of hydrogen-bond donors (Lipinski definition) is 0. The first kappa shape index (κ1) is 18.5. The van der Waals surface area contributed by atoms with Crippen molar-refractivity contribution in [2.75, 3.05) is 27.2 Å². The number of nitrogens with zero attached hydrogens (tertiary/aromatic N) is 4. The minimum atomic E-state index is -0.0541. The van der Waals surface area contributed by atoms with E-state index in [1.165, 1.54) is 37.8 Å². The zero-order valence-electron chi connectivity index (χ0n) is 16.9. The number of carbonyl (C=O) groups is 2. The molecule has 6 heteroatoms. The van der Waals surface area contributed by atoms with E-state index < -0.39 is 0 Å². The summed E-state index contributed by atoms with van der Waals surface area (Å²) in [4.78, 5) is 28.7. The van der Waals surface area contributed by atoms with Crippen LogP contribution in [0.15, 0.2) is 6.07 Å². The molecule has 0 saturated heterocycles. The maximum Gasteiger partial charge on any atom is 0.274 e. The van der Waals surface area contributed by atoms with E-state index in [2.05, 4.69) is 12.0 Å². The zero-order chi connectivity index (χ0) is 19.1. The van der Waals surface area contributed by atoms with Gasteiger partial charge in [-0.05, 0) is 62.8 Å². The summed E-state index contributed by atoms with van der Waals surface area (Å²) in [5.41, 5.74) is 1.72. The molecule has 27 heavy (non-hydrogen) atoms. The third-order valence-electron chi connectivity index (χ3n) is 6.80. The molecule has 3 unspecified atom stereocenters. The number of amides is 2.